The highest BCUT2D eigenvalue weighted by atomic mass is 35.5. The normalized spacial score (nSPS) is 17.5. The molecule has 0 saturated carbocycles. The highest BCUT2D eigenvalue weighted by Gasteiger charge is 2.42. The first kappa shape index (κ1) is 23.4. The lowest BCUT2D eigenvalue weighted by molar-refractivity contribution is 0.412. The van der Waals surface area contributed by atoms with Crippen LogP contribution in [-0.4, -0.2) is 21.8 Å². The Balaban J connectivity index is 1.71. The summed E-state index contributed by atoms with van der Waals surface area (Å²) in [6.45, 7) is 6.33. The Morgan fingerprint density at radius 1 is 1.00 bits per heavy atom. The summed E-state index contributed by atoms with van der Waals surface area (Å²) in [5.74, 6) is 0.764. The van der Waals surface area contributed by atoms with E-state index in [2.05, 4.69) is 70.9 Å². The number of anilines is 1. The van der Waals surface area contributed by atoms with Crippen LogP contribution in [0.15, 0.2) is 72.9 Å². The average Bonchev–Trinajstić information content (AvgIpc) is 3.34. The van der Waals surface area contributed by atoms with Crippen molar-refractivity contribution in [1.82, 2.24) is 14.9 Å². The van der Waals surface area contributed by atoms with Crippen molar-refractivity contribution in [2.75, 3.05) is 12.0 Å². The number of rotatable bonds is 5. The van der Waals surface area contributed by atoms with E-state index in [1.165, 1.54) is 5.56 Å². The van der Waals surface area contributed by atoms with Crippen LogP contribution in [0.3, 0.4) is 0 Å². The Labute approximate surface area is 216 Å². The smallest absolute Gasteiger partial charge is 0.174 e. The van der Waals surface area contributed by atoms with E-state index >= 15 is 0 Å². The van der Waals surface area contributed by atoms with Gasteiger partial charge in [-0.05, 0) is 92.6 Å². The van der Waals surface area contributed by atoms with E-state index in [0.29, 0.717) is 10.1 Å². The van der Waals surface area contributed by atoms with E-state index in [9.17, 15) is 0 Å². The van der Waals surface area contributed by atoms with Crippen LogP contribution < -0.4 is 15.0 Å². The number of hydrogen-bond donors (Lipinski definition) is 1. The first-order valence-corrected chi connectivity index (χ1v) is 12.3. The van der Waals surface area contributed by atoms with Crippen LogP contribution in [-0.2, 0) is 0 Å². The van der Waals surface area contributed by atoms with Gasteiger partial charge in [-0.2, -0.15) is 0 Å². The fraction of sp³-hybridized carbons (Fsp3) is 0.214. The first-order chi connectivity index (χ1) is 16.9. The van der Waals surface area contributed by atoms with Gasteiger partial charge < -0.3 is 19.5 Å². The molecule has 1 saturated heterocycles. The summed E-state index contributed by atoms with van der Waals surface area (Å²) in [5, 5.41) is 4.89. The highest BCUT2D eigenvalue weighted by molar-refractivity contribution is 7.80. The predicted octanol–water partition coefficient (Wildman–Crippen LogP) is 6.64. The van der Waals surface area contributed by atoms with Gasteiger partial charge in [-0.25, -0.2) is 0 Å². The van der Waals surface area contributed by atoms with Gasteiger partial charge in [0, 0.05) is 28.3 Å². The summed E-state index contributed by atoms with van der Waals surface area (Å²) in [6, 6.07) is 22.1. The monoisotopic (exact) mass is 502 g/mol. The van der Waals surface area contributed by atoms with Crippen molar-refractivity contribution in [1.29, 1.82) is 0 Å². The van der Waals surface area contributed by atoms with Crippen LogP contribution in [0, 0.1) is 20.8 Å². The van der Waals surface area contributed by atoms with Crippen LogP contribution in [0.1, 0.15) is 40.3 Å². The van der Waals surface area contributed by atoms with Gasteiger partial charge in [0.25, 0.3) is 0 Å². The van der Waals surface area contributed by atoms with Crippen molar-refractivity contribution in [3.05, 3.63) is 106 Å². The fourth-order valence-corrected chi connectivity index (χ4v) is 5.53. The molecule has 0 radical (unpaired) electrons. The molecule has 0 bridgehead atoms. The Kier molecular flexibility index (Phi) is 6.26. The number of benzene rings is 2. The maximum Gasteiger partial charge on any atom is 0.174 e. The maximum absolute atomic E-state index is 6.39. The summed E-state index contributed by atoms with van der Waals surface area (Å²) in [7, 11) is 1.68. The minimum atomic E-state index is -0.112. The van der Waals surface area contributed by atoms with Crippen molar-refractivity contribution < 1.29 is 4.74 Å². The number of aryl methyl sites for hydroxylation is 2. The number of ether oxygens (including phenoxy) is 1. The lowest BCUT2D eigenvalue weighted by atomic mass is 9.96. The second-order valence-corrected chi connectivity index (χ2v) is 9.64. The van der Waals surface area contributed by atoms with E-state index in [-0.39, 0.29) is 12.1 Å². The molecule has 1 aliphatic rings. The van der Waals surface area contributed by atoms with Crippen molar-refractivity contribution >= 4 is 34.6 Å². The van der Waals surface area contributed by atoms with Crippen LogP contribution in [0.2, 0.25) is 5.02 Å². The molecule has 0 unspecified atom stereocenters. The number of methoxy groups -OCH3 is 1. The average molecular weight is 503 g/mol. The van der Waals surface area contributed by atoms with E-state index in [1.54, 1.807) is 7.11 Å². The van der Waals surface area contributed by atoms with Gasteiger partial charge in [0.1, 0.15) is 5.75 Å². The molecule has 5 nitrogen and oxygen atoms in total. The third kappa shape index (κ3) is 4.17. The zero-order valence-corrected chi connectivity index (χ0v) is 21.7. The number of halogens is 1. The third-order valence-corrected chi connectivity index (χ3v) is 7.10. The molecule has 2 aromatic carbocycles. The molecule has 3 heterocycles. The number of nitrogens with zero attached hydrogens (tertiary/aromatic N) is 3. The molecular weight excluding hydrogens is 476 g/mol. The van der Waals surface area contributed by atoms with E-state index < -0.39 is 0 Å². The summed E-state index contributed by atoms with van der Waals surface area (Å²) >= 11 is 12.3. The molecule has 1 aliphatic heterocycles. The van der Waals surface area contributed by atoms with Gasteiger partial charge in [0.15, 0.2) is 5.11 Å². The van der Waals surface area contributed by atoms with Gasteiger partial charge in [0.05, 0.1) is 30.6 Å². The van der Waals surface area contributed by atoms with Gasteiger partial charge in [-0.3, -0.25) is 4.98 Å². The quantitative estimate of drug-likeness (QED) is 0.310. The zero-order chi connectivity index (χ0) is 24.7. The molecule has 2 atom stereocenters. The number of thiocarbonyl (C=S) groups is 1. The topological polar surface area (TPSA) is 42.3 Å². The van der Waals surface area contributed by atoms with Gasteiger partial charge in [-0.1, -0.05) is 29.8 Å². The number of nitrogens with one attached hydrogen (secondary N) is 1. The predicted molar refractivity (Wildman–Crippen MR) is 146 cm³/mol. The van der Waals surface area contributed by atoms with Crippen LogP contribution in [0.4, 0.5) is 5.69 Å². The Morgan fingerprint density at radius 3 is 2.54 bits per heavy atom. The molecular formula is C28H27ClN4OS. The molecule has 7 heteroatoms. The standard InChI is InChI=1S/C28H27ClN4OS/c1-17-8-7-9-21(14-17)33-27(26(31-28(33)35)23-10-5-6-13-30-23)22-15-18(2)32(19(22)3)24-16-20(29)11-12-25(24)34-4/h5-16,26-27H,1-4H3,(H,31,35)/t26-,27-/m1/s1. The molecule has 178 valence electrons. The summed E-state index contributed by atoms with van der Waals surface area (Å²) < 4.78 is 7.88. The SMILES string of the molecule is COc1ccc(Cl)cc1-n1c(C)cc([C@@H]2[C@@H](c3ccccn3)NC(=S)N2c2cccc(C)c2)c1C. The third-order valence-electron chi connectivity index (χ3n) is 6.55. The number of hydrogen-bond acceptors (Lipinski definition) is 3. The largest absolute Gasteiger partial charge is 0.495 e. The second kappa shape index (κ2) is 9.36. The molecule has 1 fully saturated rings. The molecule has 35 heavy (non-hydrogen) atoms. The van der Waals surface area contributed by atoms with Crippen molar-refractivity contribution in [3.63, 3.8) is 0 Å². The number of pyridine rings is 1. The Bertz CT molecular complexity index is 1400. The zero-order valence-electron chi connectivity index (χ0n) is 20.1. The summed E-state index contributed by atoms with van der Waals surface area (Å²) in [6.07, 6.45) is 1.83. The molecule has 1 N–H and O–H groups in total. The van der Waals surface area contributed by atoms with Gasteiger partial charge in [-0.15, -0.1) is 0 Å². The van der Waals surface area contributed by atoms with Crippen LogP contribution >= 0.6 is 23.8 Å². The van der Waals surface area contributed by atoms with Crippen LogP contribution in [0.5, 0.6) is 5.75 Å². The molecule has 5 rings (SSSR count). The van der Waals surface area contributed by atoms with Crippen molar-refractivity contribution in [2.24, 2.45) is 0 Å². The summed E-state index contributed by atoms with van der Waals surface area (Å²) in [5.41, 5.74) is 7.42. The van der Waals surface area contributed by atoms with Crippen molar-refractivity contribution in [2.45, 2.75) is 32.9 Å². The van der Waals surface area contributed by atoms with E-state index in [0.717, 1.165) is 39.8 Å². The number of aromatic nitrogens is 2. The summed E-state index contributed by atoms with van der Waals surface area (Å²) in [4.78, 5) is 6.89. The maximum atomic E-state index is 6.39. The van der Waals surface area contributed by atoms with Gasteiger partial charge in [0.2, 0.25) is 0 Å². The lowest BCUT2D eigenvalue weighted by Crippen LogP contribution is -2.29. The Hall–Kier alpha value is -3.35. The lowest BCUT2D eigenvalue weighted by Gasteiger charge is -2.28. The molecule has 0 amide bonds. The van der Waals surface area contributed by atoms with Crippen LogP contribution in [0.25, 0.3) is 5.69 Å². The first-order valence-electron chi connectivity index (χ1n) is 11.5. The van der Waals surface area contributed by atoms with E-state index in [4.69, 9.17) is 28.6 Å². The molecule has 0 aliphatic carbocycles. The minimum absolute atomic E-state index is 0.0932. The molecule has 2 aromatic heterocycles. The Morgan fingerprint density at radius 2 is 1.83 bits per heavy atom. The van der Waals surface area contributed by atoms with Crippen molar-refractivity contribution in [3.8, 4) is 11.4 Å². The molecule has 0 spiro atoms. The highest BCUT2D eigenvalue weighted by Crippen LogP contribution is 2.44. The fourth-order valence-electron chi connectivity index (χ4n) is 5.02. The second-order valence-electron chi connectivity index (χ2n) is 8.81. The minimum Gasteiger partial charge on any atom is -0.495 e. The van der Waals surface area contributed by atoms with Gasteiger partial charge >= 0.3 is 0 Å². The molecule has 4 aromatic rings. The van der Waals surface area contributed by atoms with E-state index in [1.807, 2.05) is 42.6 Å².